The Hall–Kier alpha value is -2.11. The van der Waals surface area contributed by atoms with Gasteiger partial charge in [-0.1, -0.05) is 0 Å². The molecule has 1 N–H and O–H groups in total. The lowest BCUT2D eigenvalue weighted by Gasteiger charge is -2.27. The highest BCUT2D eigenvalue weighted by Gasteiger charge is 2.17. The standard InChI is InChI=1S/C13H17N5O/c19-13-9-12(16-11-3-1-4-11)10-15-18(13)8-7-17-6-2-5-14-17/h2,5-6,9-11,16H,1,3-4,7-8H2. The van der Waals surface area contributed by atoms with Crippen LogP contribution in [-0.4, -0.2) is 25.6 Å². The Morgan fingerprint density at radius 1 is 1.32 bits per heavy atom. The molecule has 3 rings (SSSR count). The number of nitrogens with one attached hydrogen (secondary N) is 1. The van der Waals surface area contributed by atoms with Crippen molar-refractivity contribution in [3.8, 4) is 0 Å². The van der Waals surface area contributed by atoms with Gasteiger partial charge in [0.05, 0.1) is 25.0 Å². The van der Waals surface area contributed by atoms with Crippen molar-refractivity contribution in [2.45, 2.75) is 38.4 Å². The third-order valence-corrected chi connectivity index (χ3v) is 3.45. The maximum absolute atomic E-state index is 11.9. The number of anilines is 1. The van der Waals surface area contributed by atoms with Crippen LogP contribution in [0.25, 0.3) is 0 Å². The van der Waals surface area contributed by atoms with Crippen LogP contribution in [0.5, 0.6) is 0 Å². The molecule has 0 amide bonds. The van der Waals surface area contributed by atoms with E-state index in [0.717, 1.165) is 5.69 Å². The largest absolute Gasteiger partial charge is 0.381 e. The monoisotopic (exact) mass is 259 g/mol. The molecule has 1 fully saturated rings. The van der Waals surface area contributed by atoms with E-state index in [-0.39, 0.29) is 5.56 Å². The van der Waals surface area contributed by atoms with Gasteiger partial charge in [-0.25, -0.2) is 4.68 Å². The van der Waals surface area contributed by atoms with Gasteiger partial charge in [0.15, 0.2) is 0 Å². The predicted octanol–water partition coefficient (Wildman–Crippen LogP) is 1.10. The zero-order valence-electron chi connectivity index (χ0n) is 10.7. The summed E-state index contributed by atoms with van der Waals surface area (Å²) in [6.45, 7) is 1.18. The van der Waals surface area contributed by atoms with Crippen LogP contribution in [0, 0.1) is 0 Å². The first-order valence-electron chi connectivity index (χ1n) is 6.62. The molecule has 2 aromatic heterocycles. The van der Waals surface area contributed by atoms with Gasteiger partial charge in [0.25, 0.3) is 5.56 Å². The van der Waals surface area contributed by atoms with Crippen molar-refractivity contribution in [3.63, 3.8) is 0 Å². The smallest absolute Gasteiger partial charge is 0.268 e. The second kappa shape index (κ2) is 5.26. The Morgan fingerprint density at radius 3 is 2.84 bits per heavy atom. The molecule has 6 heteroatoms. The third kappa shape index (κ3) is 2.83. The van der Waals surface area contributed by atoms with Crippen molar-refractivity contribution in [1.82, 2.24) is 19.6 Å². The highest BCUT2D eigenvalue weighted by atomic mass is 16.1. The minimum atomic E-state index is -0.0727. The van der Waals surface area contributed by atoms with E-state index in [0.29, 0.717) is 19.1 Å². The Kier molecular flexibility index (Phi) is 3.31. The van der Waals surface area contributed by atoms with E-state index in [4.69, 9.17) is 0 Å². The molecular formula is C13H17N5O. The summed E-state index contributed by atoms with van der Waals surface area (Å²) in [7, 11) is 0. The Balaban J connectivity index is 1.63. The van der Waals surface area contributed by atoms with E-state index < -0.39 is 0 Å². The van der Waals surface area contributed by atoms with E-state index in [2.05, 4.69) is 15.5 Å². The first-order valence-corrected chi connectivity index (χ1v) is 6.62. The van der Waals surface area contributed by atoms with Gasteiger partial charge in [0, 0.05) is 24.5 Å². The van der Waals surface area contributed by atoms with Crippen LogP contribution >= 0.6 is 0 Å². The average Bonchev–Trinajstić information content (AvgIpc) is 2.86. The topological polar surface area (TPSA) is 64.7 Å². The molecule has 0 radical (unpaired) electrons. The van der Waals surface area contributed by atoms with Crippen molar-refractivity contribution in [3.05, 3.63) is 41.1 Å². The van der Waals surface area contributed by atoms with Crippen molar-refractivity contribution in [1.29, 1.82) is 0 Å². The average molecular weight is 259 g/mol. The van der Waals surface area contributed by atoms with Crippen LogP contribution in [0.4, 0.5) is 5.69 Å². The summed E-state index contributed by atoms with van der Waals surface area (Å²) in [5.74, 6) is 0. The maximum Gasteiger partial charge on any atom is 0.268 e. The van der Waals surface area contributed by atoms with Crippen LogP contribution in [-0.2, 0) is 13.1 Å². The molecule has 6 nitrogen and oxygen atoms in total. The predicted molar refractivity (Wildman–Crippen MR) is 72.0 cm³/mol. The zero-order valence-corrected chi connectivity index (χ0v) is 10.7. The Morgan fingerprint density at radius 2 is 2.21 bits per heavy atom. The minimum absolute atomic E-state index is 0.0727. The Labute approximate surface area is 111 Å². The molecule has 0 aromatic carbocycles. The molecule has 0 saturated heterocycles. The molecule has 1 saturated carbocycles. The summed E-state index contributed by atoms with van der Waals surface area (Å²) < 4.78 is 3.25. The second-order valence-corrected chi connectivity index (χ2v) is 4.85. The molecule has 0 bridgehead atoms. The van der Waals surface area contributed by atoms with E-state index >= 15 is 0 Å². The normalized spacial score (nSPS) is 15.2. The molecule has 1 aliphatic rings. The summed E-state index contributed by atoms with van der Waals surface area (Å²) in [6, 6.07) is 4.00. The lowest BCUT2D eigenvalue weighted by Crippen LogP contribution is -2.29. The van der Waals surface area contributed by atoms with Gasteiger partial charge >= 0.3 is 0 Å². The fraction of sp³-hybridized carbons (Fsp3) is 0.462. The second-order valence-electron chi connectivity index (χ2n) is 4.85. The zero-order chi connectivity index (χ0) is 13.1. The van der Waals surface area contributed by atoms with Crippen LogP contribution in [0.2, 0.25) is 0 Å². The first-order chi connectivity index (χ1) is 9.31. The fourth-order valence-corrected chi connectivity index (χ4v) is 2.10. The maximum atomic E-state index is 11.9. The minimum Gasteiger partial charge on any atom is -0.381 e. The highest BCUT2D eigenvalue weighted by molar-refractivity contribution is 5.40. The summed E-state index contributed by atoms with van der Waals surface area (Å²) in [5, 5.41) is 11.6. The first kappa shape index (κ1) is 12.0. The highest BCUT2D eigenvalue weighted by Crippen LogP contribution is 2.21. The van der Waals surface area contributed by atoms with Crippen molar-refractivity contribution >= 4 is 5.69 Å². The molecule has 0 atom stereocenters. The summed E-state index contributed by atoms with van der Waals surface area (Å²) >= 11 is 0. The van der Waals surface area contributed by atoms with Crippen molar-refractivity contribution in [2.24, 2.45) is 0 Å². The SMILES string of the molecule is O=c1cc(NC2CCC2)cnn1CCn1cccn1. The van der Waals surface area contributed by atoms with E-state index in [1.54, 1.807) is 23.1 Å². The molecule has 2 aromatic rings. The van der Waals surface area contributed by atoms with Gasteiger partial charge in [-0.2, -0.15) is 10.2 Å². The van der Waals surface area contributed by atoms with Crippen LogP contribution < -0.4 is 10.9 Å². The number of aryl methyl sites for hydroxylation is 2. The van der Waals surface area contributed by atoms with E-state index in [1.807, 2.05) is 12.3 Å². The van der Waals surface area contributed by atoms with Gasteiger partial charge < -0.3 is 5.32 Å². The van der Waals surface area contributed by atoms with Crippen LogP contribution in [0.15, 0.2) is 35.5 Å². The van der Waals surface area contributed by atoms with Crippen molar-refractivity contribution < 1.29 is 0 Å². The molecule has 1 aliphatic carbocycles. The van der Waals surface area contributed by atoms with Gasteiger partial charge in [-0.05, 0) is 25.3 Å². The number of hydrogen-bond acceptors (Lipinski definition) is 4. The van der Waals surface area contributed by atoms with Gasteiger partial charge in [-0.15, -0.1) is 0 Å². The van der Waals surface area contributed by atoms with E-state index in [9.17, 15) is 4.79 Å². The van der Waals surface area contributed by atoms with Gasteiger partial charge in [-0.3, -0.25) is 9.48 Å². The number of nitrogens with zero attached hydrogens (tertiary/aromatic N) is 4. The molecule has 2 heterocycles. The van der Waals surface area contributed by atoms with Crippen LogP contribution in [0.3, 0.4) is 0 Å². The number of aromatic nitrogens is 4. The van der Waals surface area contributed by atoms with Gasteiger partial charge in [0.2, 0.25) is 0 Å². The third-order valence-electron chi connectivity index (χ3n) is 3.45. The molecule has 100 valence electrons. The summed E-state index contributed by atoms with van der Waals surface area (Å²) in [4.78, 5) is 11.9. The molecule has 19 heavy (non-hydrogen) atoms. The summed E-state index contributed by atoms with van der Waals surface area (Å²) in [6.07, 6.45) is 8.96. The molecule has 0 aliphatic heterocycles. The van der Waals surface area contributed by atoms with Gasteiger partial charge in [0.1, 0.15) is 0 Å². The number of rotatable bonds is 5. The van der Waals surface area contributed by atoms with Crippen molar-refractivity contribution in [2.75, 3.05) is 5.32 Å². The summed E-state index contributed by atoms with van der Waals surface area (Å²) in [5.41, 5.74) is 0.751. The molecule has 0 unspecified atom stereocenters. The van der Waals surface area contributed by atoms with Crippen LogP contribution in [0.1, 0.15) is 19.3 Å². The lowest BCUT2D eigenvalue weighted by atomic mass is 9.93. The number of hydrogen-bond donors (Lipinski definition) is 1. The van der Waals surface area contributed by atoms with E-state index in [1.165, 1.54) is 23.9 Å². The Bertz CT molecular complexity index is 585. The molecular weight excluding hydrogens is 242 g/mol. The lowest BCUT2D eigenvalue weighted by molar-refractivity contribution is 0.444. The fourth-order valence-electron chi connectivity index (χ4n) is 2.10. The molecule has 0 spiro atoms. The quantitative estimate of drug-likeness (QED) is 0.873.